The molecule has 0 radical (unpaired) electrons. The summed E-state index contributed by atoms with van der Waals surface area (Å²) in [6, 6.07) is 8.26. The monoisotopic (exact) mass is 249 g/mol. The first-order valence-electron chi connectivity index (χ1n) is 6.40. The van der Waals surface area contributed by atoms with Gasteiger partial charge in [0.05, 0.1) is 13.0 Å². The van der Waals surface area contributed by atoms with Gasteiger partial charge in [-0.1, -0.05) is 52.0 Å². The van der Waals surface area contributed by atoms with Crippen LogP contribution < -0.4 is 5.48 Å². The molecule has 0 fully saturated rings. The molecule has 1 aromatic rings. The predicted octanol–water partition coefficient (Wildman–Crippen LogP) is 3.23. The number of hydrogen-bond donors (Lipinski definition) is 1. The van der Waals surface area contributed by atoms with Gasteiger partial charge in [-0.15, -0.1) is 0 Å². The molecule has 1 rings (SSSR count). The summed E-state index contributed by atoms with van der Waals surface area (Å²) in [6.07, 6.45) is 0. The summed E-state index contributed by atoms with van der Waals surface area (Å²) in [5.74, 6) is 0.463. The van der Waals surface area contributed by atoms with Crippen molar-refractivity contribution in [2.24, 2.45) is 5.92 Å². The zero-order chi connectivity index (χ0) is 13.7. The lowest BCUT2D eigenvalue weighted by Gasteiger charge is -2.20. The smallest absolute Gasteiger partial charge is 0.251 e. The number of carbonyl (C=O) groups excluding carboxylic acids is 1. The standard InChI is InChI=1S/C15H23NO2/c1-10(2)12-6-8-13(9-7-12)14(11(3)4)15(17)16-18-5/h6-11,14H,1-5H3,(H,16,17). The highest BCUT2D eigenvalue weighted by molar-refractivity contribution is 5.83. The number of hydroxylamine groups is 1. The van der Waals surface area contributed by atoms with Gasteiger partial charge in [-0.05, 0) is 23.0 Å². The molecule has 1 N–H and O–H groups in total. The van der Waals surface area contributed by atoms with E-state index in [1.807, 2.05) is 26.0 Å². The molecule has 0 spiro atoms. The highest BCUT2D eigenvalue weighted by Gasteiger charge is 2.24. The van der Waals surface area contributed by atoms with Crippen LogP contribution >= 0.6 is 0 Å². The number of carbonyl (C=O) groups is 1. The average Bonchev–Trinajstić information content (AvgIpc) is 2.29. The van der Waals surface area contributed by atoms with Gasteiger partial charge in [-0.2, -0.15) is 0 Å². The second-order valence-electron chi connectivity index (χ2n) is 5.21. The molecular weight excluding hydrogens is 226 g/mol. The molecule has 0 heterocycles. The molecule has 3 nitrogen and oxygen atoms in total. The number of amides is 1. The van der Waals surface area contributed by atoms with E-state index in [-0.39, 0.29) is 17.7 Å². The van der Waals surface area contributed by atoms with Crippen LogP contribution in [-0.2, 0) is 9.63 Å². The fourth-order valence-corrected chi connectivity index (χ4v) is 2.09. The zero-order valence-electron chi connectivity index (χ0n) is 11.9. The molecule has 3 heteroatoms. The molecular formula is C15H23NO2. The molecule has 0 aromatic heterocycles. The van der Waals surface area contributed by atoms with E-state index in [1.54, 1.807) is 0 Å². The summed E-state index contributed by atoms with van der Waals surface area (Å²) in [5.41, 5.74) is 4.74. The minimum atomic E-state index is -0.175. The van der Waals surface area contributed by atoms with Crippen molar-refractivity contribution in [2.45, 2.75) is 39.5 Å². The first-order valence-corrected chi connectivity index (χ1v) is 6.40. The van der Waals surface area contributed by atoms with E-state index in [0.717, 1.165) is 5.56 Å². The Labute approximate surface area is 109 Å². The summed E-state index contributed by atoms with van der Waals surface area (Å²) in [6.45, 7) is 8.39. The highest BCUT2D eigenvalue weighted by atomic mass is 16.6. The third kappa shape index (κ3) is 3.57. The third-order valence-electron chi connectivity index (χ3n) is 3.11. The number of rotatable bonds is 5. The maximum absolute atomic E-state index is 12.0. The van der Waals surface area contributed by atoms with Crippen LogP contribution in [0.2, 0.25) is 0 Å². The second-order valence-corrected chi connectivity index (χ2v) is 5.21. The second kappa shape index (κ2) is 6.55. The van der Waals surface area contributed by atoms with Gasteiger partial charge in [0.25, 0.3) is 5.91 Å². The topological polar surface area (TPSA) is 38.3 Å². The molecule has 0 saturated heterocycles. The molecule has 100 valence electrons. The maximum atomic E-state index is 12.0. The molecule has 0 aliphatic carbocycles. The minimum absolute atomic E-state index is 0.0928. The Morgan fingerprint density at radius 2 is 1.56 bits per heavy atom. The van der Waals surface area contributed by atoms with Crippen molar-refractivity contribution >= 4 is 5.91 Å². The van der Waals surface area contributed by atoms with Crippen molar-refractivity contribution < 1.29 is 9.63 Å². The minimum Gasteiger partial charge on any atom is -0.277 e. The lowest BCUT2D eigenvalue weighted by molar-refractivity contribution is -0.133. The third-order valence-corrected chi connectivity index (χ3v) is 3.11. The lowest BCUT2D eigenvalue weighted by atomic mass is 9.87. The summed E-state index contributed by atoms with van der Waals surface area (Å²) in [4.78, 5) is 16.7. The van der Waals surface area contributed by atoms with Gasteiger partial charge in [-0.25, -0.2) is 5.48 Å². The van der Waals surface area contributed by atoms with Crippen molar-refractivity contribution in [3.05, 3.63) is 35.4 Å². The summed E-state index contributed by atoms with van der Waals surface area (Å²) >= 11 is 0. The molecule has 0 aliphatic heterocycles. The molecule has 1 unspecified atom stereocenters. The van der Waals surface area contributed by atoms with Crippen LogP contribution in [0, 0.1) is 5.92 Å². The van der Waals surface area contributed by atoms with Crippen LogP contribution in [0.25, 0.3) is 0 Å². The van der Waals surface area contributed by atoms with Gasteiger partial charge in [0, 0.05) is 0 Å². The first-order chi connectivity index (χ1) is 8.47. The summed E-state index contributed by atoms with van der Waals surface area (Å²) < 4.78 is 0. The van der Waals surface area contributed by atoms with Crippen molar-refractivity contribution in [1.29, 1.82) is 0 Å². The predicted molar refractivity (Wildman–Crippen MR) is 73.3 cm³/mol. The normalized spacial score (nSPS) is 12.8. The van der Waals surface area contributed by atoms with E-state index in [9.17, 15) is 4.79 Å². The first kappa shape index (κ1) is 14.7. The molecule has 0 saturated carbocycles. The van der Waals surface area contributed by atoms with Crippen LogP contribution in [0.15, 0.2) is 24.3 Å². The average molecular weight is 249 g/mol. The van der Waals surface area contributed by atoms with Crippen LogP contribution in [0.5, 0.6) is 0 Å². The highest BCUT2D eigenvalue weighted by Crippen LogP contribution is 2.26. The Morgan fingerprint density at radius 1 is 1.06 bits per heavy atom. The maximum Gasteiger partial charge on any atom is 0.251 e. The Morgan fingerprint density at radius 3 is 1.94 bits per heavy atom. The van der Waals surface area contributed by atoms with E-state index in [4.69, 9.17) is 4.84 Å². The fourth-order valence-electron chi connectivity index (χ4n) is 2.09. The van der Waals surface area contributed by atoms with E-state index in [0.29, 0.717) is 5.92 Å². The quantitative estimate of drug-likeness (QED) is 0.814. The van der Waals surface area contributed by atoms with Crippen LogP contribution in [0.3, 0.4) is 0 Å². The van der Waals surface area contributed by atoms with Gasteiger partial charge in [0.1, 0.15) is 0 Å². The fraction of sp³-hybridized carbons (Fsp3) is 0.533. The Kier molecular flexibility index (Phi) is 5.35. The molecule has 0 bridgehead atoms. The Bertz CT molecular complexity index is 382. The van der Waals surface area contributed by atoms with Crippen molar-refractivity contribution in [3.63, 3.8) is 0 Å². The Balaban J connectivity index is 2.96. The number of hydrogen-bond acceptors (Lipinski definition) is 2. The molecule has 1 atom stereocenters. The van der Waals surface area contributed by atoms with E-state index in [1.165, 1.54) is 12.7 Å². The van der Waals surface area contributed by atoms with Gasteiger partial charge < -0.3 is 0 Å². The lowest BCUT2D eigenvalue weighted by Crippen LogP contribution is -2.31. The zero-order valence-corrected chi connectivity index (χ0v) is 11.9. The van der Waals surface area contributed by atoms with Crippen molar-refractivity contribution in [3.8, 4) is 0 Å². The van der Waals surface area contributed by atoms with Gasteiger partial charge in [0.15, 0.2) is 0 Å². The van der Waals surface area contributed by atoms with Crippen molar-refractivity contribution in [1.82, 2.24) is 5.48 Å². The molecule has 18 heavy (non-hydrogen) atoms. The molecule has 0 aliphatic rings. The molecule has 1 amide bonds. The Hall–Kier alpha value is -1.35. The van der Waals surface area contributed by atoms with E-state index < -0.39 is 0 Å². The summed E-state index contributed by atoms with van der Waals surface area (Å²) in [5, 5.41) is 0. The van der Waals surface area contributed by atoms with E-state index >= 15 is 0 Å². The van der Waals surface area contributed by atoms with Crippen LogP contribution in [0.1, 0.15) is 50.7 Å². The van der Waals surface area contributed by atoms with Crippen molar-refractivity contribution in [2.75, 3.05) is 7.11 Å². The number of benzene rings is 1. The van der Waals surface area contributed by atoms with Crippen LogP contribution in [0.4, 0.5) is 0 Å². The summed E-state index contributed by atoms with van der Waals surface area (Å²) in [7, 11) is 1.46. The van der Waals surface area contributed by atoms with Gasteiger partial charge in [-0.3, -0.25) is 9.63 Å². The van der Waals surface area contributed by atoms with Gasteiger partial charge in [0.2, 0.25) is 0 Å². The van der Waals surface area contributed by atoms with E-state index in [2.05, 4.69) is 31.5 Å². The number of nitrogens with one attached hydrogen (secondary N) is 1. The van der Waals surface area contributed by atoms with Gasteiger partial charge >= 0.3 is 0 Å². The SMILES string of the molecule is CONC(=O)C(c1ccc(C(C)C)cc1)C(C)C. The molecule has 1 aromatic carbocycles. The largest absolute Gasteiger partial charge is 0.277 e. The van der Waals surface area contributed by atoms with Crippen LogP contribution in [-0.4, -0.2) is 13.0 Å².